The molecule has 1 atom stereocenters. The second-order valence-corrected chi connectivity index (χ2v) is 8.98. The molecular formula is C25H21ClN4O8. The highest BCUT2D eigenvalue weighted by molar-refractivity contribution is 6.20. The summed E-state index contributed by atoms with van der Waals surface area (Å²) in [5.41, 5.74) is 2.26. The number of nitro benzene ring substituents is 1. The number of halogens is 1. The van der Waals surface area contributed by atoms with Crippen molar-refractivity contribution in [3.05, 3.63) is 63.0 Å². The zero-order valence-electron chi connectivity index (χ0n) is 20.4. The van der Waals surface area contributed by atoms with E-state index in [1.54, 1.807) is 6.92 Å². The van der Waals surface area contributed by atoms with Crippen molar-refractivity contribution in [3.8, 4) is 5.75 Å². The van der Waals surface area contributed by atoms with E-state index in [-0.39, 0.29) is 41.1 Å². The van der Waals surface area contributed by atoms with Gasteiger partial charge in [0.05, 0.1) is 28.8 Å². The molecular weight excluding hydrogens is 520 g/mol. The van der Waals surface area contributed by atoms with Gasteiger partial charge in [-0.25, -0.2) is 9.59 Å². The molecule has 0 spiro atoms. The van der Waals surface area contributed by atoms with Crippen molar-refractivity contribution in [1.29, 1.82) is 0 Å². The van der Waals surface area contributed by atoms with Gasteiger partial charge in [-0.2, -0.15) is 0 Å². The summed E-state index contributed by atoms with van der Waals surface area (Å²) >= 11 is 6.34. The lowest BCUT2D eigenvalue weighted by Gasteiger charge is -2.17. The molecule has 5 rings (SSSR count). The van der Waals surface area contributed by atoms with Crippen LogP contribution in [0.1, 0.15) is 38.1 Å². The Kier molecular flexibility index (Phi) is 6.19. The van der Waals surface area contributed by atoms with Gasteiger partial charge in [-0.1, -0.05) is 0 Å². The lowest BCUT2D eigenvalue weighted by atomic mass is 9.95. The number of nitro groups is 1. The number of methoxy groups -OCH3 is 1. The zero-order chi connectivity index (χ0) is 27.3. The van der Waals surface area contributed by atoms with Crippen molar-refractivity contribution in [2.75, 3.05) is 31.5 Å². The molecule has 3 heterocycles. The quantitative estimate of drug-likeness (QED) is 0.161. The minimum Gasteiger partial charge on any atom is -0.465 e. The number of H-pyrrole nitrogens is 1. The number of aryl methyl sites for hydroxylation is 1. The number of nitrogens with zero attached hydrogens (tertiary/aromatic N) is 2. The number of hydrogen-bond acceptors (Lipinski definition) is 8. The summed E-state index contributed by atoms with van der Waals surface area (Å²) in [6.07, 6.45) is -0.748. The van der Waals surface area contributed by atoms with Crippen molar-refractivity contribution < 1.29 is 33.2 Å². The minimum atomic E-state index is -0.748. The molecule has 1 aliphatic heterocycles. The first-order valence-electron chi connectivity index (χ1n) is 11.4. The molecule has 1 aliphatic rings. The smallest absolute Gasteiger partial charge is 0.412 e. The van der Waals surface area contributed by atoms with Crippen LogP contribution in [0.3, 0.4) is 0 Å². The number of non-ortho nitro benzene ring substituents is 1. The Hall–Kier alpha value is -4.58. The van der Waals surface area contributed by atoms with E-state index in [1.807, 2.05) is 0 Å². The maximum Gasteiger partial charge on any atom is 0.412 e. The highest BCUT2D eigenvalue weighted by Gasteiger charge is 2.39. The standard InChI is InChI=1S/C25H21ClN4O8/c1-11-19(24(32)36-3)21-20-13(9-26)10-29(15(20)8-17(22(21)28-11)38-25(33)27-2)23(31)18-7-12-6-14(30(34)35)4-5-16(12)37-18/h4-8,13,28H,9-10H2,1-3H3,(H,27,33)/t13-/m1/s1. The molecule has 2 aromatic carbocycles. The molecule has 4 aromatic rings. The highest BCUT2D eigenvalue weighted by atomic mass is 35.5. The first-order chi connectivity index (χ1) is 18.2. The molecule has 0 saturated heterocycles. The van der Waals surface area contributed by atoms with Crippen molar-refractivity contribution in [2.45, 2.75) is 12.8 Å². The van der Waals surface area contributed by atoms with Gasteiger partial charge in [0, 0.05) is 60.1 Å². The Balaban J connectivity index is 1.70. The number of aromatic nitrogens is 1. The van der Waals surface area contributed by atoms with Gasteiger partial charge < -0.3 is 29.1 Å². The number of nitrogens with one attached hydrogen (secondary N) is 2. The third kappa shape index (κ3) is 3.89. The Morgan fingerprint density at radius 1 is 1.29 bits per heavy atom. The first kappa shape index (κ1) is 25.1. The van der Waals surface area contributed by atoms with E-state index in [0.717, 1.165) is 0 Å². The fourth-order valence-corrected chi connectivity index (χ4v) is 5.07. The van der Waals surface area contributed by atoms with Gasteiger partial charge in [0.2, 0.25) is 0 Å². The van der Waals surface area contributed by atoms with Crippen LogP contribution in [0.25, 0.3) is 21.9 Å². The van der Waals surface area contributed by atoms with Crippen molar-refractivity contribution in [1.82, 2.24) is 10.3 Å². The molecule has 13 heteroatoms. The van der Waals surface area contributed by atoms with Gasteiger partial charge in [0.15, 0.2) is 11.5 Å². The van der Waals surface area contributed by atoms with Gasteiger partial charge in [-0.05, 0) is 24.6 Å². The summed E-state index contributed by atoms with van der Waals surface area (Å²) in [4.78, 5) is 53.7. The Morgan fingerprint density at radius 3 is 2.71 bits per heavy atom. The number of esters is 1. The number of amides is 2. The van der Waals surface area contributed by atoms with Crippen LogP contribution >= 0.6 is 11.6 Å². The maximum atomic E-state index is 13.7. The summed E-state index contributed by atoms with van der Waals surface area (Å²) < 4.78 is 16.2. The Morgan fingerprint density at radius 2 is 2.05 bits per heavy atom. The lowest BCUT2D eigenvalue weighted by molar-refractivity contribution is -0.384. The van der Waals surface area contributed by atoms with E-state index in [0.29, 0.717) is 38.8 Å². The maximum absolute atomic E-state index is 13.7. The molecule has 0 bridgehead atoms. The van der Waals surface area contributed by atoms with Gasteiger partial charge in [-0.15, -0.1) is 11.6 Å². The zero-order valence-corrected chi connectivity index (χ0v) is 21.2. The Labute approximate surface area is 219 Å². The molecule has 196 valence electrons. The van der Waals surface area contributed by atoms with E-state index in [4.69, 9.17) is 25.5 Å². The predicted molar refractivity (Wildman–Crippen MR) is 137 cm³/mol. The predicted octanol–water partition coefficient (Wildman–Crippen LogP) is 4.62. The second-order valence-electron chi connectivity index (χ2n) is 8.67. The number of carbonyl (C=O) groups is 3. The summed E-state index contributed by atoms with van der Waals surface area (Å²) in [5.74, 6) is -1.35. The SMILES string of the molecule is CNC(=O)Oc1cc2c(c3c(C(=O)OC)c(C)[nH]c13)[C@H](CCl)CN2C(=O)c1cc2cc([N+](=O)[O-])ccc2o1. The lowest BCUT2D eigenvalue weighted by Crippen LogP contribution is -2.29. The molecule has 0 saturated carbocycles. The molecule has 2 N–H and O–H groups in total. The second kappa shape index (κ2) is 9.38. The first-order valence-corrected chi connectivity index (χ1v) is 11.9. The summed E-state index contributed by atoms with van der Waals surface area (Å²) in [7, 11) is 2.66. The van der Waals surface area contributed by atoms with Gasteiger partial charge in [-0.3, -0.25) is 14.9 Å². The number of rotatable bonds is 5. The van der Waals surface area contributed by atoms with E-state index in [2.05, 4.69) is 10.3 Å². The van der Waals surface area contributed by atoms with Crippen LogP contribution in [0.5, 0.6) is 5.75 Å². The van der Waals surface area contributed by atoms with Gasteiger partial charge >= 0.3 is 12.1 Å². The number of hydrogen-bond donors (Lipinski definition) is 2. The number of furan rings is 1. The third-order valence-electron chi connectivity index (χ3n) is 6.50. The fraction of sp³-hybridized carbons (Fsp3) is 0.240. The largest absolute Gasteiger partial charge is 0.465 e. The molecule has 0 radical (unpaired) electrons. The summed E-state index contributed by atoms with van der Waals surface area (Å²) in [6, 6.07) is 6.99. The van der Waals surface area contributed by atoms with Crippen LogP contribution in [0.4, 0.5) is 16.2 Å². The molecule has 38 heavy (non-hydrogen) atoms. The van der Waals surface area contributed by atoms with Crippen LogP contribution in [-0.2, 0) is 4.74 Å². The third-order valence-corrected chi connectivity index (χ3v) is 6.87. The molecule has 0 aliphatic carbocycles. The van der Waals surface area contributed by atoms with E-state index in [1.165, 1.54) is 49.4 Å². The van der Waals surface area contributed by atoms with Crippen LogP contribution in [0.2, 0.25) is 0 Å². The number of fused-ring (bicyclic) bond motifs is 4. The average Bonchev–Trinajstić information content (AvgIpc) is 3.59. The normalized spacial score (nSPS) is 14.5. The number of benzene rings is 2. The summed E-state index contributed by atoms with van der Waals surface area (Å²) in [5, 5.41) is 14.4. The number of anilines is 1. The molecule has 2 aromatic heterocycles. The number of aromatic amines is 1. The monoisotopic (exact) mass is 540 g/mol. The van der Waals surface area contributed by atoms with Crippen molar-refractivity contribution >= 4 is 62.8 Å². The highest BCUT2D eigenvalue weighted by Crippen LogP contribution is 2.48. The van der Waals surface area contributed by atoms with Crippen molar-refractivity contribution in [2.24, 2.45) is 0 Å². The van der Waals surface area contributed by atoms with Crippen LogP contribution in [0.15, 0.2) is 34.7 Å². The van der Waals surface area contributed by atoms with E-state index < -0.39 is 22.9 Å². The number of carbonyl (C=O) groups excluding carboxylic acids is 3. The van der Waals surface area contributed by atoms with Crippen LogP contribution in [-0.4, -0.2) is 54.5 Å². The van der Waals surface area contributed by atoms with Gasteiger partial charge in [0.1, 0.15) is 5.58 Å². The van der Waals surface area contributed by atoms with E-state index >= 15 is 0 Å². The number of ether oxygens (including phenoxy) is 2. The van der Waals surface area contributed by atoms with Gasteiger partial charge in [0.25, 0.3) is 11.6 Å². The van der Waals surface area contributed by atoms with Crippen LogP contribution in [0, 0.1) is 17.0 Å². The molecule has 0 fully saturated rings. The average molecular weight is 541 g/mol. The Bertz CT molecular complexity index is 1660. The number of alkyl halides is 1. The topological polar surface area (TPSA) is 157 Å². The van der Waals surface area contributed by atoms with Crippen LogP contribution < -0.4 is 15.0 Å². The van der Waals surface area contributed by atoms with Crippen molar-refractivity contribution in [3.63, 3.8) is 0 Å². The molecule has 2 amide bonds. The summed E-state index contributed by atoms with van der Waals surface area (Å²) in [6.45, 7) is 1.84. The molecule has 0 unspecified atom stereocenters. The minimum absolute atomic E-state index is 0.0472. The fourth-order valence-electron chi connectivity index (χ4n) is 4.82. The molecule has 12 nitrogen and oxygen atoms in total. The van der Waals surface area contributed by atoms with E-state index in [9.17, 15) is 24.5 Å².